The van der Waals surface area contributed by atoms with E-state index in [1.807, 2.05) is 11.0 Å². The number of rotatable bonds is 6. The molecular formula is C17H20N2O2S. The fourth-order valence-corrected chi connectivity index (χ4v) is 2.76. The van der Waals surface area contributed by atoms with E-state index in [2.05, 4.69) is 35.8 Å². The monoisotopic (exact) mass is 316 g/mol. The second-order valence-corrected chi connectivity index (χ2v) is 6.38. The van der Waals surface area contributed by atoms with E-state index in [1.165, 1.54) is 10.5 Å². The Bertz CT molecular complexity index is 606. The van der Waals surface area contributed by atoms with Crippen LogP contribution >= 0.6 is 11.8 Å². The Morgan fingerprint density at radius 3 is 2.64 bits per heavy atom. The number of hydrogen-bond acceptors (Lipinski definition) is 3. The molecule has 1 aromatic carbocycles. The highest BCUT2D eigenvalue weighted by molar-refractivity contribution is 7.98. The summed E-state index contributed by atoms with van der Waals surface area (Å²) < 4.78 is 5.02. The standard InChI is InChI=1S/C17H20N2O2S/c1-22-16-6-2-13(3-7-16)11-19(15-4-5-15)17(20)18-10-14-8-9-21-12-14/h2-3,6-9,12,15H,4-5,10-11H2,1H3,(H,18,20). The van der Waals surface area contributed by atoms with Crippen molar-refractivity contribution in [3.05, 3.63) is 54.0 Å². The van der Waals surface area contributed by atoms with Crippen LogP contribution in [0.3, 0.4) is 0 Å². The van der Waals surface area contributed by atoms with Crippen molar-refractivity contribution >= 4 is 17.8 Å². The molecule has 1 heterocycles. The molecule has 0 bridgehead atoms. The van der Waals surface area contributed by atoms with Crippen LogP contribution in [0.15, 0.2) is 52.2 Å². The first-order valence-corrected chi connectivity index (χ1v) is 8.67. The highest BCUT2D eigenvalue weighted by atomic mass is 32.2. The number of amides is 2. The van der Waals surface area contributed by atoms with Gasteiger partial charge >= 0.3 is 6.03 Å². The fraction of sp³-hybridized carbons (Fsp3) is 0.353. The molecule has 1 aliphatic rings. The van der Waals surface area contributed by atoms with Crippen LogP contribution in [0, 0.1) is 0 Å². The van der Waals surface area contributed by atoms with Crippen molar-refractivity contribution in [2.75, 3.05) is 6.26 Å². The molecule has 1 fully saturated rings. The van der Waals surface area contributed by atoms with Crippen molar-refractivity contribution in [1.29, 1.82) is 0 Å². The summed E-state index contributed by atoms with van der Waals surface area (Å²) in [6.45, 7) is 1.17. The maximum Gasteiger partial charge on any atom is 0.318 e. The van der Waals surface area contributed by atoms with Gasteiger partial charge in [0.15, 0.2) is 0 Å². The smallest absolute Gasteiger partial charge is 0.318 e. The Morgan fingerprint density at radius 1 is 1.27 bits per heavy atom. The van der Waals surface area contributed by atoms with Crippen molar-refractivity contribution in [1.82, 2.24) is 10.2 Å². The number of carbonyl (C=O) groups is 1. The Hall–Kier alpha value is -1.88. The molecule has 0 spiro atoms. The lowest BCUT2D eigenvalue weighted by atomic mass is 10.2. The molecule has 22 heavy (non-hydrogen) atoms. The number of hydrogen-bond donors (Lipinski definition) is 1. The van der Waals surface area contributed by atoms with Crippen molar-refractivity contribution in [2.24, 2.45) is 0 Å². The van der Waals surface area contributed by atoms with Crippen molar-refractivity contribution in [3.63, 3.8) is 0 Å². The first kappa shape index (κ1) is 15.0. The van der Waals surface area contributed by atoms with Gasteiger partial charge in [0.05, 0.1) is 12.5 Å². The van der Waals surface area contributed by atoms with Crippen LogP contribution in [0.4, 0.5) is 4.79 Å². The van der Waals surface area contributed by atoms with Crippen LogP contribution < -0.4 is 5.32 Å². The van der Waals surface area contributed by atoms with Gasteiger partial charge in [-0.1, -0.05) is 12.1 Å². The molecule has 5 heteroatoms. The number of nitrogens with one attached hydrogen (secondary N) is 1. The Morgan fingerprint density at radius 2 is 2.05 bits per heavy atom. The normalized spacial score (nSPS) is 13.9. The lowest BCUT2D eigenvalue weighted by Crippen LogP contribution is -2.40. The SMILES string of the molecule is CSc1ccc(CN(C(=O)NCc2ccoc2)C2CC2)cc1. The summed E-state index contributed by atoms with van der Waals surface area (Å²) in [6, 6.07) is 10.7. The zero-order valence-electron chi connectivity index (χ0n) is 12.6. The highest BCUT2D eigenvalue weighted by Gasteiger charge is 2.32. The molecule has 2 aromatic rings. The van der Waals surface area contributed by atoms with Gasteiger partial charge in [-0.2, -0.15) is 0 Å². The maximum absolute atomic E-state index is 12.4. The summed E-state index contributed by atoms with van der Waals surface area (Å²) in [7, 11) is 0. The number of thioether (sulfide) groups is 1. The second-order valence-electron chi connectivity index (χ2n) is 5.50. The predicted octanol–water partition coefficient (Wildman–Crippen LogP) is 3.88. The number of benzene rings is 1. The molecule has 1 saturated carbocycles. The molecule has 0 saturated heterocycles. The van der Waals surface area contributed by atoms with Gasteiger partial charge in [0.25, 0.3) is 0 Å². The van der Waals surface area contributed by atoms with E-state index in [0.717, 1.165) is 18.4 Å². The van der Waals surface area contributed by atoms with E-state index >= 15 is 0 Å². The lowest BCUT2D eigenvalue weighted by molar-refractivity contribution is 0.191. The van der Waals surface area contributed by atoms with Crippen LogP contribution in [-0.4, -0.2) is 23.2 Å². The quantitative estimate of drug-likeness (QED) is 0.823. The summed E-state index contributed by atoms with van der Waals surface area (Å²) in [5.74, 6) is 0. The molecule has 116 valence electrons. The van der Waals surface area contributed by atoms with Gasteiger partial charge < -0.3 is 14.6 Å². The molecule has 1 aliphatic carbocycles. The molecule has 0 radical (unpaired) electrons. The van der Waals surface area contributed by atoms with Crippen LogP contribution in [0.2, 0.25) is 0 Å². The Labute approximate surface area is 134 Å². The zero-order valence-corrected chi connectivity index (χ0v) is 13.4. The van der Waals surface area contributed by atoms with E-state index < -0.39 is 0 Å². The summed E-state index contributed by atoms with van der Waals surface area (Å²) in [4.78, 5) is 15.6. The van der Waals surface area contributed by atoms with Crippen LogP contribution in [0.5, 0.6) is 0 Å². The molecule has 3 rings (SSSR count). The van der Waals surface area contributed by atoms with E-state index in [-0.39, 0.29) is 6.03 Å². The zero-order chi connectivity index (χ0) is 15.4. The van der Waals surface area contributed by atoms with Gasteiger partial charge in [-0.05, 0) is 42.9 Å². The van der Waals surface area contributed by atoms with Crippen LogP contribution in [0.1, 0.15) is 24.0 Å². The van der Waals surface area contributed by atoms with Crippen LogP contribution in [-0.2, 0) is 13.1 Å². The first-order chi connectivity index (χ1) is 10.8. The minimum absolute atomic E-state index is 0.00218. The van der Waals surface area contributed by atoms with Gasteiger partial charge in [0, 0.05) is 29.6 Å². The predicted molar refractivity (Wildman–Crippen MR) is 87.7 cm³/mol. The maximum atomic E-state index is 12.4. The van der Waals surface area contributed by atoms with Crippen molar-refractivity contribution in [2.45, 2.75) is 36.9 Å². The molecule has 4 nitrogen and oxygen atoms in total. The first-order valence-electron chi connectivity index (χ1n) is 7.45. The summed E-state index contributed by atoms with van der Waals surface area (Å²) in [6.07, 6.45) is 7.54. The summed E-state index contributed by atoms with van der Waals surface area (Å²) in [5.41, 5.74) is 2.15. The van der Waals surface area contributed by atoms with Crippen LogP contribution in [0.25, 0.3) is 0 Å². The van der Waals surface area contributed by atoms with Gasteiger partial charge in [-0.25, -0.2) is 4.79 Å². The third-order valence-electron chi connectivity index (χ3n) is 3.78. The van der Waals surface area contributed by atoms with Gasteiger partial charge in [-0.3, -0.25) is 0 Å². The topological polar surface area (TPSA) is 45.5 Å². The second kappa shape index (κ2) is 6.92. The van der Waals surface area contributed by atoms with E-state index in [0.29, 0.717) is 19.1 Å². The third-order valence-corrected chi connectivity index (χ3v) is 4.53. The lowest BCUT2D eigenvalue weighted by Gasteiger charge is -2.23. The van der Waals surface area contributed by atoms with Gasteiger partial charge in [0.1, 0.15) is 0 Å². The van der Waals surface area contributed by atoms with E-state index in [9.17, 15) is 4.79 Å². The number of furan rings is 1. The summed E-state index contributed by atoms with van der Waals surface area (Å²) in [5, 5.41) is 2.97. The van der Waals surface area contributed by atoms with E-state index in [1.54, 1.807) is 24.3 Å². The fourth-order valence-electron chi connectivity index (χ4n) is 2.35. The molecular weight excluding hydrogens is 296 g/mol. The minimum atomic E-state index is -0.00218. The molecule has 0 atom stereocenters. The van der Waals surface area contributed by atoms with Gasteiger partial charge in [-0.15, -0.1) is 11.8 Å². The number of carbonyl (C=O) groups excluding carboxylic acids is 1. The highest BCUT2D eigenvalue weighted by Crippen LogP contribution is 2.28. The van der Waals surface area contributed by atoms with Gasteiger partial charge in [0.2, 0.25) is 0 Å². The molecule has 2 amide bonds. The minimum Gasteiger partial charge on any atom is -0.472 e. The average molecular weight is 316 g/mol. The molecule has 1 N–H and O–H groups in total. The Balaban J connectivity index is 1.60. The van der Waals surface area contributed by atoms with Crippen molar-refractivity contribution < 1.29 is 9.21 Å². The van der Waals surface area contributed by atoms with E-state index in [4.69, 9.17) is 4.42 Å². The molecule has 1 aromatic heterocycles. The van der Waals surface area contributed by atoms with Crippen molar-refractivity contribution in [3.8, 4) is 0 Å². The Kier molecular flexibility index (Phi) is 4.73. The average Bonchev–Trinajstić information content (AvgIpc) is 3.26. The third kappa shape index (κ3) is 3.85. The molecule has 0 aliphatic heterocycles. The summed E-state index contributed by atoms with van der Waals surface area (Å²) >= 11 is 1.73. The largest absolute Gasteiger partial charge is 0.472 e. The molecule has 0 unspecified atom stereocenters. The number of nitrogens with zero attached hydrogens (tertiary/aromatic N) is 1. The number of urea groups is 1.